The highest BCUT2D eigenvalue weighted by molar-refractivity contribution is 8.00. The number of nitrogens with one attached hydrogen (secondary N) is 2. The monoisotopic (exact) mass is 343 g/mol. The number of benzene rings is 2. The van der Waals surface area contributed by atoms with Crippen LogP contribution in [0.3, 0.4) is 0 Å². The van der Waals surface area contributed by atoms with Gasteiger partial charge in [0.05, 0.1) is 19.8 Å². The van der Waals surface area contributed by atoms with E-state index in [9.17, 15) is 4.79 Å². The number of amides is 1. The van der Waals surface area contributed by atoms with Crippen LogP contribution in [0.1, 0.15) is 22.7 Å². The zero-order chi connectivity index (χ0) is 17.5. The number of carbonyl (C=O) groups is 1. The van der Waals surface area contributed by atoms with Gasteiger partial charge < -0.3 is 10.2 Å². The van der Waals surface area contributed by atoms with E-state index in [2.05, 4.69) is 63.6 Å². The Balaban J connectivity index is 1.96. The van der Waals surface area contributed by atoms with Gasteiger partial charge in [-0.05, 0) is 42.7 Å². The summed E-state index contributed by atoms with van der Waals surface area (Å²) in [5.41, 5.74) is 3.70. The molecular weight excluding hydrogens is 316 g/mol. The van der Waals surface area contributed by atoms with Crippen LogP contribution in [0.25, 0.3) is 0 Å². The summed E-state index contributed by atoms with van der Waals surface area (Å²) in [6.07, 6.45) is 0. The van der Waals surface area contributed by atoms with Crippen LogP contribution in [-0.2, 0) is 4.79 Å². The Hall–Kier alpha value is -1.78. The third kappa shape index (κ3) is 5.69. The predicted octanol–water partition coefficient (Wildman–Crippen LogP) is 2.40. The van der Waals surface area contributed by atoms with Crippen molar-refractivity contribution in [2.24, 2.45) is 0 Å². The largest absolute Gasteiger partial charge is 0.343 e. The number of hydrogen-bond acceptors (Lipinski definition) is 2. The van der Waals surface area contributed by atoms with Gasteiger partial charge in [0, 0.05) is 4.90 Å². The van der Waals surface area contributed by atoms with E-state index in [-0.39, 0.29) is 11.9 Å². The molecule has 2 N–H and O–H groups in total. The van der Waals surface area contributed by atoms with E-state index in [1.807, 2.05) is 18.2 Å². The Labute approximate surface area is 149 Å². The van der Waals surface area contributed by atoms with Gasteiger partial charge in [-0.1, -0.05) is 36.4 Å². The summed E-state index contributed by atoms with van der Waals surface area (Å²) in [7, 11) is 4.21. The highest BCUT2D eigenvalue weighted by Crippen LogP contribution is 2.21. The second-order valence-electron chi connectivity index (χ2n) is 6.48. The summed E-state index contributed by atoms with van der Waals surface area (Å²) in [4.78, 5) is 14.8. The second kappa shape index (κ2) is 8.90. The van der Waals surface area contributed by atoms with Crippen molar-refractivity contribution in [1.29, 1.82) is 0 Å². The minimum atomic E-state index is 0.0454. The Kier molecular flexibility index (Phi) is 6.88. The first-order chi connectivity index (χ1) is 11.5. The molecule has 0 aliphatic rings. The van der Waals surface area contributed by atoms with Gasteiger partial charge in [-0.2, -0.15) is 0 Å². The topological polar surface area (TPSA) is 33.5 Å². The lowest BCUT2D eigenvalue weighted by Gasteiger charge is -2.20. The van der Waals surface area contributed by atoms with E-state index >= 15 is 0 Å². The Morgan fingerprint density at radius 3 is 2.42 bits per heavy atom. The lowest BCUT2D eigenvalue weighted by molar-refractivity contribution is -0.860. The number of aryl methyl sites for hydroxylation is 2. The molecule has 0 bridgehead atoms. The van der Waals surface area contributed by atoms with Gasteiger partial charge in [-0.3, -0.25) is 4.79 Å². The van der Waals surface area contributed by atoms with Crippen LogP contribution in [0, 0.1) is 13.8 Å². The molecule has 0 spiro atoms. The number of thioether (sulfide) groups is 1. The number of likely N-dealkylation sites (N-methyl/N-ethyl adjacent to an activating group) is 1. The first-order valence-electron chi connectivity index (χ1n) is 8.29. The summed E-state index contributed by atoms with van der Waals surface area (Å²) in [6, 6.07) is 16.6. The Morgan fingerprint density at radius 2 is 1.79 bits per heavy atom. The normalized spacial score (nSPS) is 12.2. The minimum absolute atomic E-state index is 0.0454. The van der Waals surface area contributed by atoms with Gasteiger partial charge in [0.15, 0.2) is 0 Å². The summed E-state index contributed by atoms with van der Waals surface area (Å²) in [5.74, 6) is 0.516. The SMILES string of the molecule is Cc1ccc(SCC(=O)N[C@@H](C[NH+](C)C)c2ccccc2)cc1C. The third-order valence-electron chi connectivity index (χ3n) is 4.00. The van der Waals surface area contributed by atoms with Crippen LogP contribution < -0.4 is 10.2 Å². The van der Waals surface area contributed by atoms with Crippen LogP contribution in [0.2, 0.25) is 0 Å². The third-order valence-corrected chi connectivity index (χ3v) is 4.99. The molecule has 4 heteroatoms. The highest BCUT2D eigenvalue weighted by Gasteiger charge is 2.17. The van der Waals surface area contributed by atoms with E-state index in [1.54, 1.807) is 11.8 Å². The fourth-order valence-electron chi connectivity index (χ4n) is 2.53. The van der Waals surface area contributed by atoms with E-state index in [4.69, 9.17) is 0 Å². The molecule has 2 aromatic rings. The summed E-state index contributed by atoms with van der Waals surface area (Å²) < 4.78 is 0. The average molecular weight is 344 g/mol. The van der Waals surface area contributed by atoms with Crippen LogP contribution in [0.4, 0.5) is 0 Å². The highest BCUT2D eigenvalue weighted by atomic mass is 32.2. The van der Waals surface area contributed by atoms with E-state index < -0.39 is 0 Å². The van der Waals surface area contributed by atoms with Crippen molar-refractivity contribution in [2.75, 3.05) is 26.4 Å². The van der Waals surface area contributed by atoms with Gasteiger partial charge in [0.1, 0.15) is 12.6 Å². The van der Waals surface area contributed by atoms with Crippen LogP contribution in [0.15, 0.2) is 53.4 Å². The van der Waals surface area contributed by atoms with Gasteiger partial charge in [0.25, 0.3) is 0 Å². The molecule has 0 aromatic heterocycles. The van der Waals surface area contributed by atoms with Crippen molar-refractivity contribution in [3.8, 4) is 0 Å². The molecule has 1 amide bonds. The van der Waals surface area contributed by atoms with Crippen molar-refractivity contribution in [3.63, 3.8) is 0 Å². The molecule has 0 radical (unpaired) electrons. The van der Waals surface area contributed by atoms with E-state index in [0.29, 0.717) is 5.75 Å². The lowest BCUT2D eigenvalue weighted by Crippen LogP contribution is -3.06. The molecule has 2 aromatic carbocycles. The smallest absolute Gasteiger partial charge is 0.231 e. The number of quaternary nitrogens is 1. The fourth-order valence-corrected chi connectivity index (χ4v) is 3.34. The molecule has 128 valence electrons. The summed E-state index contributed by atoms with van der Waals surface area (Å²) >= 11 is 1.59. The molecular formula is C20H27N2OS+. The van der Waals surface area contributed by atoms with Crippen LogP contribution in [0.5, 0.6) is 0 Å². The molecule has 3 nitrogen and oxygen atoms in total. The summed E-state index contributed by atoms with van der Waals surface area (Å²) in [5, 5.41) is 3.18. The average Bonchev–Trinajstić information content (AvgIpc) is 2.56. The molecule has 0 fully saturated rings. The van der Waals surface area contributed by atoms with Gasteiger partial charge >= 0.3 is 0 Å². The first-order valence-corrected chi connectivity index (χ1v) is 9.27. The minimum Gasteiger partial charge on any atom is -0.343 e. The van der Waals surface area contributed by atoms with Crippen molar-refractivity contribution in [1.82, 2.24) is 5.32 Å². The maximum atomic E-state index is 12.4. The zero-order valence-electron chi connectivity index (χ0n) is 14.9. The van der Waals surface area contributed by atoms with Crippen molar-refractivity contribution >= 4 is 17.7 Å². The van der Waals surface area contributed by atoms with Crippen molar-refractivity contribution in [3.05, 3.63) is 65.2 Å². The number of hydrogen-bond donors (Lipinski definition) is 2. The van der Waals surface area contributed by atoms with E-state index in [1.165, 1.54) is 16.0 Å². The molecule has 2 rings (SSSR count). The summed E-state index contributed by atoms with van der Waals surface area (Å²) in [6.45, 7) is 5.07. The number of rotatable bonds is 7. The van der Waals surface area contributed by atoms with Crippen molar-refractivity contribution in [2.45, 2.75) is 24.8 Å². The van der Waals surface area contributed by atoms with E-state index in [0.717, 1.165) is 17.0 Å². The maximum Gasteiger partial charge on any atom is 0.231 e. The van der Waals surface area contributed by atoms with Gasteiger partial charge in [-0.15, -0.1) is 11.8 Å². The molecule has 1 atom stereocenters. The molecule has 0 aliphatic carbocycles. The Morgan fingerprint density at radius 1 is 1.08 bits per heavy atom. The molecule has 24 heavy (non-hydrogen) atoms. The van der Waals surface area contributed by atoms with Gasteiger partial charge in [0.2, 0.25) is 5.91 Å². The standard InChI is InChI=1S/C20H26N2OS/c1-15-10-11-18(12-16(15)2)24-14-20(23)21-19(13-22(3)4)17-8-6-5-7-9-17/h5-12,19H,13-14H2,1-4H3,(H,21,23)/p+1/t19-/m0/s1. The second-order valence-corrected chi connectivity index (χ2v) is 7.53. The first kappa shape index (κ1) is 18.6. The fraction of sp³-hybridized carbons (Fsp3) is 0.350. The number of carbonyl (C=O) groups excluding carboxylic acids is 1. The van der Waals surface area contributed by atoms with Gasteiger partial charge in [-0.25, -0.2) is 0 Å². The molecule has 0 heterocycles. The quantitative estimate of drug-likeness (QED) is 0.757. The predicted molar refractivity (Wildman–Crippen MR) is 102 cm³/mol. The lowest BCUT2D eigenvalue weighted by atomic mass is 10.1. The van der Waals surface area contributed by atoms with Crippen LogP contribution in [-0.4, -0.2) is 32.3 Å². The molecule has 0 saturated heterocycles. The molecule has 0 unspecified atom stereocenters. The molecule has 0 saturated carbocycles. The Bertz CT molecular complexity index is 671. The maximum absolute atomic E-state index is 12.4. The molecule has 0 aliphatic heterocycles. The van der Waals surface area contributed by atoms with Crippen LogP contribution >= 0.6 is 11.8 Å². The van der Waals surface area contributed by atoms with Crippen molar-refractivity contribution < 1.29 is 9.69 Å². The zero-order valence-corrected chi connectivity index (χ0v) is 15.7.